The van der Waals surface area contributed by atoms with Crippen LogP contribution in [0.15, 0.2) is 30.3 Å². The van der Waals surface area contributed by atoms with Gasteiger partial charge in [-0.05, 0) is 32.8 Å². The van der Waals surface area contributed by atoms with Crippen LogP contribution in [0.3, 0.4) is 0 Å². The number of rotatable bonds is 4. The van der Waals surface area contributed by atoms with Crippen molar-refractivity contribution in [3.8, 4) is 0 Å². The molecule has 1 aromatic carbocycles. The van der Waals surface area contributed by atoms with Crippen molar-refractivity contribution in [1.82, 2.24) is 4.90 Å². The van der Waals surface area contributed by atoms with Gasteiger partial charge < -0.3 is 10.5 Å². The Morgan fingerprint density at radius 1 is 1.21 bits per heavy atom. The SMILES string of the molecule is C[C@@H]1CN(C(C)(CN)Cc2ccccc2)C[C@H](C)O1. The number of nitrogens with zero attached hydrogens (tertiary/aromatic N) is 1. The van der Waals surface area contributed by atoms with Crippen LogP contribution in [0.5, 0.6) is 0 Å². The van der Waals surface area contributed by atoms with Crippen molar-refractivity contribution >= 4 is 0 Å². The molecule has 0 saturated carbocycles. The minimum atomic E-state index is 0.00759. The maximum atomic E-state index is 6.09. The maximum absolute atomic E-state index is 6.09. The van der Waals surface area contributed by atoms with E-state index in [1.165, 1.54) is 5.56 Å². The third kappa shape index (κ3) is 3.56. The molecular formula is C16H26N2O. The second-order valence-electron chi connectivity index (χ2n) is 6.03. The average Bonchev–Trinajstić information content (AvgIpc) is 2.38. The lowest BCUT2D eigenvalue weighted by Crippen LogP contribution is -2.60. The lowest BCUT2D eigenvalue weighted by molar-refractivity contribution is -0.0972. The topological polar surface area (TPSA) is 38.5 Å². The van der Waals surface area contributed by atoms with Crippen molar-refractivity contribution in [2.24, 2.45) is 5.73 Å². The van der Waals surface area contributed by atoms with Crippen LogP contribution in [0.25, 0.3) is 0 Å². The molecule has 1 aromatic rings. The Morgan fingerprint density at radius 2 is 1.79 bits per heavy atom. The van der Waals surface area contributed by atoms with Gasteiger partial charge in [0.1, 0.15) is 0 Å². The number of ether oxygens (including phenoxy) is 1. The van der Waals surface area contributed by atoms with Gasteiger partial charge in [0.2, 0.25) is 0 Å². The molecule has 0 amide bonds. The van der Waals surface area contributed by atoms with E-state index in [2.05, 4.69) is 56.0 Å². The molecule has 0 spiro atoms. The molecule has 19 heavy (non-hydrogen) atoms. The van der Waals surface area contributed by atoms with E-state index in [4.69, 9.17) is 10.5 Å². The average molecular weight is 262 g/mol. The van der Waals surface area contributed by atoms with Crippen LogP contribution in [0.1, 0.15) is 26.3 Å². The van der Waals surface area contributed by atoms with Crippen LogP contribution >= 0.6 is 0 Å². The fourth-order valence-electron chi connectivity index (χ4n) is 2.97. The van der Waals surface area contributed by atoms with Crippen LogP contribution in [0.4, 0.5) is 0 Å². The molecule has 106 valence electrons. The molecular weight excluding hydrogens is 236 g/mol. The molecule has 0 aromatic heterocycles. The number of benzene rings is 1. The molecule has 0 radical (unpaired) electrons. The fourth-order valence-corrected chi connectivity index (χ4v) is 2.97. The fraction of sp³-hybridized carbons (Fsp3) is 0.625. The Bertz CT molecular complexity index is 385. The smallest absolute Gasteiger partial charge is 0.0678 e. The molecule has 3 heteroatoms. The molecule has 2 rings (SSSR count). The van der Waals surface area contributed by atoms with Gasteiger partial charge in [-0.15, -0.1) is 0 Å². The van der Waals surface area contributed by atoms with E-state index in [-0.39, 0.29) is 17.7 Å². The minimum absolute atomic E-state index is 0.00759. The van der Waals surface area contributed by atoms with Crippen LogP contribution in [0, 0.1) is 0 Å². The summed E-state index contributed by atoms with van der Waals surface area (Å²) in [5, 5.41) is 0. The molecule has 3 nitrogen and oxygen atoms in total. The van der Waals surface area contributed by atoms with Gasteiger partial charge in [-0.1, -0.05) is 30.3 Å². The number of morpholine rings is 1. The Labute approximate surface area is 116 Å². The third-order valence-electron chi connectivity index (χ3n) is 4.05. The summed E-state index contributed by atoms with van der Waals surface area (Å²) in [7, 11) is 0. The van der Waals surface area contributed by atoms with Gasteiger partial charge >= 0.3 is 0 Å². The van der Waals surface area contributed by atoms with Gasteiger partial charge in [-0.2, -0.15) is 0 Å². The zero-order valence-electron chi connectivity index (χ0n) is 12.3. The quantitative estimate of drug-likeness (QED) is 0.902. The summed E-state index contributed by atoms with van der Waals surface area (Å²) in [6, 6.07) is 10.6. The highest BCUT2D eigenvalue weighted by atomic mass is 16.5. The molecule has 1 aliphatic rings. The summed E-state index contributed by atoms with van der Waals surface area (Å²) < 4.78 is 5.82. The summed E-state index contributed by atoms with van der Waals surface area (Å²) in [6.07, 6.45) is 1.56. The Balaban J connectivity index is 2.12. The molecule has 1 fully saturated rings. The van der Waals surface area contributed by atoms with Crippen molar-refractivity contribution in [1.29, 1.82) is 0 Å². The van der Waals surface area contributed by atoms with E-state index >= 15 is 0 Å². The van der Waals surface area contributed by atoms with E-state index in [0.717, 1.165) is 19.5 Å². The predicted molar refractivity (Wildman–Crippen MR) is 79.2 cm³/mol. The van der Waals surface area contributed by atoms with Gasteiger partial charge in [-0.3, -0.25) is 4.90 Å². The van der Waals surface area contributed by atoms with Crippen LogP contribution in [0.2, 0.25) is 0 Å². The normalized spacial score (nSPS) is 28.0. The highest BCUT2D eigenvalue weighted by molar-refractivity contribution is 5.18. The molecule has 1 aliphatic heterocycles. The summed E-state index contributed by atoms with van der Waals surface area (Å²) in [4.78, 5) is 2.50. The van der Waals surface area contributed by atoms with Crippen molar-refractivity contribution < 1.29 is 4.74 Å². The zero-order chi connectivity index (χ0) is 13.9. The Kier molecular flexibility index (Phi) is 4.61. The minimum Gasteiger partial charge on any atom is -0.373 e. The summed E-state index contributed by atoms with van der Waals surface area (Å²) in [5.41, 5.74) is 7.45. The predicted octanol–water partition coefficient (Wildman–Crippen LogP) is 2.06. The molecule has 0 bridgehead atoms. The van der Waals surface area contributed by atoms with Crippen molar-refractivity contribution in [3.05, 3.63) is 35.9 Å². The second kappa shape index (κ2) is 6.04. The van der Waals surface area contributed by atoms with Crippen molar-refractivity contribution in [3.63, 3.8) is 0 Å². The first kappa shape index (κ1) is 14.5. The largest absolute Gasteiger partial charge is 0.373 e. The first-order chi connectivity index (χ1) is 9.03. The Hall–Kier alpha value is -0.900. The van der Waals surface area contributed by atoms with Gasteiger partial charge in [0.15, 0.2) is 0 Å². The number of nitrogens with two attached hydrogens (primary N) is 1. The van der Waals surface area contributed by atoms with E-state index in [1.54, 1.807) is 0 Å². The molecule has 1 saturated heterocycles. The molecule has 1 heterocycles. The first-order valence-electron chi connectivity index (χ1n) is 7.18. The second-order valence-corrected chi connectivity index (χ2v) is 6.03. The van der Waals surface area contributed by atoms with Crippen LogP contribution in [-0.4, -0.2) is 42.3 Å². The van der Waals surface area contributed by atoms with Gasteiger partial charge in [0.25, 0.3) is 0 Å². The summed E-state index contributed by atoms with van der Waals surface area (Å²) >= 11 is 0. The molecule has 0 aliphatic carbocycles. The zero-order valence-corrected chi connectivity index (χ0v) is 12.3. The maximum Gasteiger partial charge on any atom is 0.0678 e. The highest BCUT2D eigenvalue weighted by Crippen LogP contribution is 2.24. The van der Waals surface area contributed by atoms with Gasteiger partial charge in [0.05, 0.1) is 12.2 Å². The van der Waals surface area contributed by atoms with Crippen LogP contribution in [-0.2, 0) is 11.2 Å². The molecule has 3 atom stereocenters. The molecule has 2 N–H and O–H groups in total. The third-order valence-corrected chi connectivity index (χ3v) is 4.05. The summed E-state index contributed by atoms with van der Waals surface area (Å²) in [5.74, 6) is 0. The van der Waals surface area contributed by atoms with E-state index in [0.29, 0.717) is 6.54 Å². The van der Waals surface area contributed by atoms with Gasteiger partial charge in [-0.25, -0.2) is 0 Å². The number of hydrogen-bond acceptors (Lipinski definition) is 3. The highest BCUT2D eigenvalue weighted by Gasteiger charge is 2.35. The number of hydrogen-bond donors (Lipinski definition) is 1. The lowest BCUT2D eigenvalue weighted by atomic mass is 9.89. The first-order valence-corrected chi connectivity index (χ1v) is 7.18. The monoisotopic (exact) mass is 262 g/mol. The van der Waals surface area contributed by atoms with E-state index in [1.807, 2.05) is 0 Å². The van der Waals surface area contributed by atoms with Crippen molar-refractivity contribution in [2.45, 2.75) is 44.9 Å². The van der Waals surface area contributed by atoms with Crippen molar-refractivity contribution in [2.75, 3.05) is 19.6 Å². The van der Waals surface area contributed by atoms with E-state index in [9.17, 15) is 0 Å². The van der Waals surface area contributed by atoms with Crippen LogP contribution < -0.4 is 5.73 Å². The summed E-state index contributed by atoms with van der Waals surface area (Å²) in [6.45, 7) is 9.14. The standard InChI is InChI=1S/C16H26N2O/c1-13-10-18(11-14(2)19-13)16(3,12-17)9-15-7-5-4-6-8-15/h4-8,13-14H,9-12,17H2,1-3H3/t13-,14+,16?. The van der Waals surface area contributed by atoms with E-state index < -0.39 is 0 Å². The van der Waals surface area contributed by atoms with Gasteiger partial charge in [0, 0.05) is 25.2 Å². The Morgan fingerprint density at radius 3 is 2.32 bits per heavy atom. The molecule has 1 unspecified atom stereocenters. The lowest BCUT2D eigenvalue weighted by Gasteiger charge is -2.46.